The minimum absolute atomic E-state index is 0.638. The highest BCUT2D eigenvalue weighted by Crippen LogP contribution is 2.28. The third-order valence-electron chi connectivity index (χ3n) is 2.21. The Balaban J connectivity index is 2.37. The van der Waals surface area contributed by atoms with E-state index in [0.29, 0.717) is 10.8 Å². The molecule has 0 spiro atoms. The van der Waals surface area contributed by atoms with Crippen LogP contribution in [0.15, 0.2) is 27.9 Å². The summed E-state index contributed by atoms with van der Waals surface area (Å²) < 4.78 is 5.21. The summed E-state index contributed by atoms with van der Waals surface area (Å²) >= 11 is 7.59. The third kappa shape index (κ3) is 2.23. The molecule has 0 amide bonds. The van der Waals surface area contributed by atoms with Crippen molar-refractivity contribution in [1.29, 1.82) is 0 Å². The molecule has 0 aliphatic heterocycles. The van der Waals surface area contributed by atoms with Crippen molar-refractivity contribution in [2.45, 2.75) is 18.4 Å². The highest BCUT2D eigenvalue weighted by Gasteiger charge is 2.08. The quantitative estimate of drug-likeness (QED) is 0.784. The number of nitrogens with zero attached hydrogens (tertiary/aromatic N) is 2. The SMILES string of the molecule is CCc1cc(-c2cnc(SC)c(Cl)c2)on1. The van der Waals surface area contributed by atoms with E-state index in [1.165, 1.54) is 11.8 Å². The van der Waals surface area contributed by atoms with Gasteiger partial charge in [0.15, 0.2) is 5.76 Å². The predicted octanol–water partition coefficient (Wildman–Crippen LogP) is 3.67. The van der Waals surface area contributed by atoms with Crippen LogP contribution in [0.25, 0.3) is 11.3 Å². The minimum atomic E-state index is 0.638. The lowest BCUT2D eigenvalue weighted by Crippen LogP contribution is -1.83. The van der Waals surface area contributed by atoms with Crippen molar-refractivity contribution in [3.05, 3.63) is 29.0 Å². The Kier molecular flexibility index (Phi) is 3.51. The summed E-state index contributed by atoms with van der Waals surface area (Å²) in [4.78, 5) is 4.25. The van der Waals surface area contributed by atoms with Gasteiger partial charge in [-0.05, 0) is 18.7 Å². The number of halogens is 1. The van der Waals surface area contributed by atoms with Crippen molar-refractivity contribution in [1.82, 2.24) is 10.1 Å². The average molecular weight is 255 g/mol. The van der Waals surface area contributed by atoms with Gasteiger partial charge in [0.05, 0.1) is 10.7 Å². The van der Waals surface area contributed by atoms with Gasteiger partial charge in [0.1, 0.15) is 5.03 Å². The van der Waals surface area contributed by atoms with Crippen LogP contribution in [0.2, 0.25) is 5.02 Å². The van der Waals surface area contributed by atoms with Crippen LogP contribution in [0.3, 0.4) is 0 Å². The molecule has 0 aliphatic rings. The Bertz CT molecular complexity index is 498. The molecule has 2 heterocycles. The number of hydrogen-bond donors (Lipinski definition) is 0. The number of thioether (sulfide) groups is 1. The second-order valence-electron chi connectivity index (χ2n) is 3.25. The second kappa shape index (κ2) is 4.89. The fourth-order valence-corrected chi connectivity index (χ4v) is 2.13. The molecule has 2 aromatic rings. The molecular formula is C11H11ClN2OS. The van der Waals surface area contributed by atoms with Crippen molar-refractivity contribution in [2.24, 2.45) is 0 Å². The first kappa shape index (κ1) is 11.5. The molecule has 0 unspecified atom stereocenters. The summed E-state index contributed by atoms with van der Waals surface area (Å²) in [6.07, 6.45) is 4.54. The highest BCUT2D eigenvalue weighted by molar-refractivity contribution is 7.98. The molecule has 0 aromatic carbocycles. The first-order valence-electron chi connectivity index (χ1n) is 4.90. The number of hydrogen-bond acceptors (Lipinski definition) is 4. The van der Waals surface area contributed by atoms with E-state index in [1.54, 1.807) is 6.20 Å². The topological polar surface area (TPSA) is 38.9 Å². The number of aryl methyl sites for hydroxylation is 1. The van der Waals surface area contributed by atoms with E-state index in [1.807, 2.05) is 25.3 Å². The molecule has 0 aliphatic carbocycles. The summed E-state index contributed by atoms with van der Waals surface area (Å²) in [6, 6.07) is 3.76. The normalized spacial score (nSPS) is 10.7. The highest BCUT2D eigenvalue weighted by atomic mass is 35.5. The molecule has 3 nitrogen and oxygen atoms in total. The van der Waals surface area contributed by atoms with E-state index < -0.39 is 0 Å². The van der Waals surface area contributed by atoms with E-state index in [2.05, 4.69) is 10.1 Å². The van der Waals surface area contributed by atoms with Crippen LogP contribution in [0.5, 0.6) is 0 Å². The molecule has 0 radical (unpaired) electrons. The predicted molar refractivity (Wildman–Crippen MR) is 65.9 cm³/mol. The molecule has 0 atom stereocenters. The molecule has 84 valence electrons. The fraction of sp³-hybridized carbons (Fsp3) is 0.273. The molecule has 5 heteroatoms. The molecule has 16 heavy (non-hydrogen) atoms. The van der Waals surface area contributed by atoms with Crippen LogP contribution in [-0.4, -0.2) is 16.4 Å². The minimum Gasteiger partial charge on any atom is -0.356 e. The molecule has 2 aromatic heterocycles. The van der Waals surface area contributed by atoms with Crippen molar-refractivity contribution in [3.63, 3.8) is 0 Å². The van der Waals surface area contributed by atoms with Crippen LogP contribution in [0, 0.1) is 0 Å². The Morgan fingerprint density at radius 2 is 2.25 bits per heavy atom. The summed E-state index contributed by atoms with van der Waals surface area (Å²) in [5.74, 6) is 0.707. The van der Waals surface area contributed by atoms with Gasteiger partial charge in [-0.1, -0.05) is 23.7 Å². The number of pyridine rings is 1. The maximum atomic E-state index is 6.07. The van der Waals surface area contributed by atoms with Gasteiger partial charge in [-0.3, -0.25) is 0 Å². The third-order valence-corrected chi connectivity index (χ3v) is 3.32. The molecule has 0 saturated heterocycles. The summed E-state index contributed by atoms with van der Waals surface area (Å²) in [5, 5.41) is 5.39. The van der Waals surface area contributed by atoms with Crippen LogP contribution >= 0.6 is 23.4 Å². The lowest BCUT2D eigenvalue weighted by molar-refractivity contribution is 0.424. The molecule has 0 saturated carbocycles. The van der Waals surface area contributed by atoms with Gasteiger partial charge in [0.2, 0.25) is 0 Å². The van der Waals surface area contributed by atoms with Gasteiger partial charge in [-0.25, -0.2) is 4.98 Å². The molecule has 0 bridgehead atoms. The van der Waals surface area contributed by atoms with Crippen molar-refractivity contribution >= 4 is 23.4 Å². The van der Waals surface area contributed by atoms with Gasteiger partial charge >= 0.3 is 0 Å². The lowest BCUT2D eigenvalue weighted by Gasteiger charge is -2.00. The summed E-state index contributed by atoms with van der Waals surface area (Å²) in [7, 11) is 0. The van der Waals surface area contributed by atoms with Crippen LogP contribution in [0.4, 0.5) is 0 Å². The van der Waals surface area contributed by atoms with E-state index in [9.17, 15) is 0 Å². The van der Waals surface area contributed by atoms with Gasteiger partial charge in [0.25, 0.3) is 0 Å². The number of rotatable bonds is 3. The maximum Gasteiger partial charge on any atom is 0.168 e. The Morgan fingerprint density at radius 1 is 1.44 bits per heavy atom. The lowest BCUT2D eigenvalue weighted by atomic mass is 10.2. The average Bonchev–Trinajstić information content (AvgIpc) is 2.77. The van der Waals surface area contributed by atoms with Crippen molar-refractivity contribution in [3.8, 4) is 11.3 Å². The first-order chi connectivity index (χ1) is 7.74. The molecule has 2 rings (SSSR count). The zero-order valence-electron chi connectivity index (χ0n) is 9.03. The van der Waals surface area contributed by atoms with Crippen molar-refractivity contribution in [2.75, 3.05) is 6.26 Å². The summed E-state index contributed by atoms with van der Waals surface area (Å²) in [6.45, 7) is 2.03. The Labute approximate surface area is 103 Å². The first-order valence-corrected chi connectivity index (χ1v) is 6.50. The van der Waals surface area contributed by atoms with E-state index in [-0.39, 0.29) is 0 Å². The largest absolute Gasteiger partial charge is 0.356 e. The molecule has 0 fully saturated rings. The van der Waals surface area contributed by atoms with Crippen LogP contribution < -0.4 is 0 Å². The summed E-state index contributed by atoms with van der Waals surface area (Å²) in [5.41, 5.74) is 1.79. The van der Waals surface area contributed by atoms with E-state index in [4.69, 9.17) is 16.1 Å². The van der Waals surface area contributed by atoms with Crippen molar-refractivity contribution < 1.29 is 4.52 Å². The van der Waals surface area contributed by atoms with E-state index >= 15 is 0 Å². The van der Waals surface area contributed by atoms with Crippen LogP contribution in [-0.2, 0) is 6.42 Å². The fourth-order valence-electron chi connectivity index (χ4n) is 1.32. The Hall–Kier alpha value is -1.00. The monoisotopic (exact) mass is 254 g/mol. The maximum absolute atomic E-state index is 6.07. The number of aromatic nitrogens is 2. The Morgan fingerprint density at radius 3 is 2.81 bits per heavy atom. The van der Waals surface area contributed by atoms with Gasteiger partial charge in [-0.2, -0.15) is 0 Å². The van der Waals surface area contributed by atoms with E-state index in [0.717, 1.165) is 22.7 Å². The molecular weight excluding hydrogens is 244 g/mol. The van der Waals surface area contributed by atoms with Gasteiger partial charge in [0, 0.05) is 17.8 Å². The smallest absolute Gasteiger partial charge is 0.168 e. The zero-order valence-corrected chi connectivity index (χ0v) is 10.6. The molecule has 0 N–H and O–H groups in total. The van der Waals surface area contributed by atoms with Gasteiger partial charge in [-0.15, -0.1) is 11.8 Å². The standard InChI is InChI=1S/C11H11ClN2OS/c1-3-8-5-10(15-14-8)7-4-9(12)11(16-2)13-6-7/h4-6H,3H2,1-2H3. The second-order valence-corrected chi connectivity index (χ2v) is 4.45. The van der Waals surface area contributed by atoms with Gasteiger partial charge < -0.3 is 4.52 Å². The van der Waals surface area contributed by atoms with Crippen LogP contribution in [0.1, 0.15) is 12.6 Å². The zero-order chi connectivity index (χ0) is 11.5.